The van der Waals surface area contributed by atoms with Crippen LogP contribution in [0.3, 0.4) is 0 Å². The van der Waals surface area contributed by atoms with E-state index in [-0.39, 0.29) is 29.5 Å². The molecule has 4 unspecified atom stereocenters. The highest BCUT2D eigenvalue weighted by Crippen LogP contribution is 2.39. The van der Waals surface area contributed by atoms with Crippen molar-refractivity contribution < 1.29 is 22.8 Å². The van der Waals surface area contributed by atoms with Crippen LogP contribution in [-0.2, 0) is 11.0 Å². The van der Waals surface area contributed by atoms with Crippen LogP contribution in [0.5, 0.6) is 0 Å². The largest absolute Gasteiger partial charge is 0.416 e. The second-order valence-electron chi connectivity index (χ2n) is 11.7. The number of piperidine rings is 3. The van der Waals surface area contributed by atoms with Crippen LogP contribution in [-0.4, -0.2) is 61.5 Å². The zero-order valence-electron chi connectivity index (χ0n) is 23.2. The molecular formula is C30H38F3N5O2. The fourth-order valence-electron chi connectivity index (χ4n) is 6.46. The number of rotatable bonds is 4. The Morgan fingerprint density at radius 3 is 2.52 bits per heavy atom. The Kier molecular flexibility index (Phi) is 7.85. The molecule has 0 radical (unpaired) electrons. The van der Waals surface area contributed by atoms with E-state index in [1.54, 1.807) is 12.1 Å². The summed E-state index contributed by atoms with van der Waals surface area (Å²) in [5, 5.41) is 6.31. The molecule has 4 N–H and O–H groups in total. The van der Waals surface area contributed by atoms with E-state index in [9.17, 15) is 22.8 Å². The van der Waals surface area contributed by atoms with Crippen LogP contribution in [0.25, 0.3) is 0 Å². The van der Waals surface area contributed by atoms with Crippen molar-refractivity contribution in [2.75, 3.05) is 36.9 Å². The molecule has 7 nitrogen and oxygen atoms in total. The molecule has 0 saturated carbocycles. The molecule has 3 heterocycles. The van der Waals surface area contributed by atoms with Crippen molar-refractivity contribution >= 4 is 23.2 Å². The smallest absolute Gasteiger partial charge is 0.371 e. The first kappa shape index (κ1) is 28.4. The van der Waals surface area contributed by atoms with E-state index >= 15 is 0 Å². The minimum absolute atomic E-state index is 0.0280. The molecule has 0 aromatic heterocycles. The molecule has 40 heavy (non-hydrogen) atoms. The highest BCUT2D eigenvalue weighted by atomic mass is 19.4. The number of nitrogens with two attached hydrogens (primary N) is 1. The molecule has 3 fully saturated rings. The maximum absolute atomic E-state index is 13.8. The topological polar surface area (TPSA) is 90.7 Å². The van der Waals surface area contributed by atoms with Gasteiger partial charge in [0.05, 0.1) is 11.5 Å². The third-order valence-electron chi connectivity index (χ3n) is 8.87. The fourth-order valence-corrected chi connectivity index (χ4v) is 6.46. The molecule has 3 aliphatic heterocycles. The van der Waals surface area contributed by atoms with Crippen LogP contribution in [0.1, 0.15) is 65.6 Å². The van der Waals surface area contributed by atoms with E-state index in [1.807, 2.05) is 29.8 Å². The number of halogens is 3. The second-order valence-corrected chi connectivity index (χ2v) is 11.7. The highest BCUT2D eigenvalue weighted by molar-refractivity contribution is 6.05. The third-order valence-corrected chi connectivity index (χ3v) is 8.87. The van der Waals surface area contributed by atoms with Gasteiger partial charge in [0.15, 0.2) is 0 Å². The molecule has 0 aliphatic carbocycles. The van der Waals surface area contributed by atoms with Crippen molar-refractivity contribution in [3.8, 4) is 0 Å². The zero-order valence-corrected chi connectivity index (χ0v) is 23.2. The van der Waals surface area contributed by atoms with Crippen LogP contribution in [0.4, 0.5) is 24.5 Å². The number of fused-ring (bicyclic) bond motifs is 1. The van der Waals surface area contributed by atoms with Gasteiger partial charge in [0, 0.05) is 61.7 Å². The van der Waals surface area contributed by atoms with E-state index in [0.29, 0.717) is 55.7 Å². The van der Waals surface area contributed by atoms with Crippen LogP contribution in [0.2, 0.25) is 0 Å². The summed E-state index contributed by atoms with van der Waals surface area (Å²) < 4.78 is 41.3. The highest BCUT2D eigenvalue weighted by Gasteiger charge is 2.43. The number of benzene rings is 2. The second kappa shape index (κ2) is 11.0. The number of anilines is 2. The summed E-state index contributed by atoms with van der Waals surface area (Å²) in [6.45, 7) is 5.98. The Balaban J connectivity index is 1.39. The van der Waals surface area contributed by atoms with Crippen molar-refractivity contribution in [3.05, 3.63) is 58.7 Å². The molecule has 2 amide bonds. The number of hydrogen-bond donors (Lipinski definition) is 3. The molecule has 0 spiro atoms. The Morgan fingerprint density at radius 2 is 1.82 bits per heavy atom. The molecule has 2 aromatic rings. The lowest BCUT2D eigenvalue weighted by atomic mass is 9.75. The summed E-state index contributed by atoms with van der Waals surface area (Å²) in [6.07, 6.45) is -1.61. The average molecular weight is 558 g/mol. The molecular weight excluding hydrogens is 519 g/mol. The third kappa shape index (κ3) is 5.83. The Morgan fingerprint density at radius 1 is 1.10 bits per heavy atom. The number of carbonyl (C=O) groups excluding carboxylic acids is 2. The van der Waals surface area contributed by atoms with Gasteiger partial charge in [-0.15, -0.1) is 0 Å². The van der Waals surface area contributed by atoms with Crippen molar-refractivity contribution in [2.24, 2.45) is 11.7 Å². The van der Waals surface area contributed by atoms with E-state index in [4.69, 9.17) is 5.73 Å². The molecule has 3 aliphatic rings. The lowest BCUT2D eigenvalue weighted by Crippen LogP contribution is -2.57. The molecule has 216 valence electrons. The van der Waals surface area contributed by atoms with Gasteiger partial charge in [0.25, 0.3) is 5.91 Å². The summed E-state index contributed by atoms with van der Waals surface area (Å²) in [4.78, 5) is 30.4. The van der Waals surface area contributed by atoms with Gasteiger partial charge in [-0.05, 0) is 86.9 Å². The maximum Gasteiger partial charge on any atom is 0.416 e. The van der Waals surface area contributed by atoms with Gasteiger partial charge in [-0.1, -0.05) is 6.07 Å². The monoisotopic (exact) mass is 557 g/mol. The van der Waals surface area contributed by atoms with Gasteiger partial charge in [-0.2, -0.15) is 13.2 Å². The summed E-state index contributed by atoms with van der Waals surface area (Å²) in [7, 11) is 1.87. The SMILES string of the molecule is Cc1ccc(NC(=O)c2cc(N3CCC(N)CC3)cc(C(F)(F)F)c2)cc1C1CC2CNC(C)CC2N(C)C1=O. The Labute approximate surface area is 233 Å². The number of nitrogens with zero attached hydrogens (tertiary/aromatic N) is 2. The van der Waals surface area contributed by atoms with Crippen molar-refractivity contribution in [1.82, 2.24) is 10.2 Å². The lowest BCUT2D eigenvalue weighted by molar-refractivity contribution is -0.140. The maximum atomic E-state index is 13.8. The number of amides is 2. The van der Waals surface area contributed by atoms with Gasteiger partial charge in [0.1, 0.15) is 0 Å². The Hall–Kier alpha value is -3.11. The molecule has 3 saturated heterocycles. The van der Waals surface area contributed by atoms with Gasteiger partial charge in [-0.25, -0.2) is 0 Å². The van der Waals surface area contributed by atoms with E-state index < -0.39 is 17.6 Å². The number of likely N-dealkylation sites (tertiary alicyclic amines) is 1. The van der Waals surface area contributed by atoms with Crippen LogP contribution in [0.15, 0.2) is 36.4 Å². The van der Waals surface area contributed by atoms with E-state index in [0.717, 1.165) is 36.2 Å². The molecule has 0 bridgehead atoms. The van der Waals surface area contributed by atoms with Crippen LogP contribution >= 0.6 is 0 Å². The minimum atomic E-state index is -4.59. The number of hydrogen-bond acceptors (Lipinski definition) is 5. The van der Waals surface area contributed by atoms with Gasteiger partial charge >= 0.3 is 6.18 Å². The van der Waals surface area contributed by atoms with Crippen LogP contribution in [0, 0.1) is 12.8 Å². The molecule has 4 atom stereocenters. The van der Waals surface area contributed by atoms with E-state index in [1.165, 1.54) is 6.07 Å². The zero-order chi connectivity index (χ0) is 28.8. The first-order valence-electron chi connectivity index (χ1n) is 14.1. The number of carbonyl (C=O) groups is 2. The predicted octanol–water partition coefficient (Wildman–Crippen LogP) is 4.51. The predicted molar refractivity (Wildman–Crippen MR) is 149 cm³/mol. The van der Waals surface area contributed by atoms with Crippen molar-refractivity contribution in [1.29, 1.82) is 0 Å². The first-order chi connectivity index (χ1) is 18.9. The van der Waals surface area contributed by atoms with Gasteiger partial charge < -0.3 is 26.2 Å². The normalized spacial score (nSPS) is 26.0. The fraction of sp³-hybridized carbons (Fsp3) is 0.533. The van der Waals surface area contributed by atoms with Gasteiger partial charge in [0.2, 0.25) is 5.91 Å². The Bertz CT molecular complexity index is 1270. The van der Waals surface area contributed by atoms with Crippen LogP contribution < -0.4 is 21.3 Å². The summed E-state index contributed by atoms with van der Waals surface area (Å²) in [5.41, 5.74) is 7.61. The molecule has 2 aromatic carbocycles. The van der Waals surface area contributed by atoms with E-state index in [2.05, 4.69) is 17.6 Å². The van der Waals surface area contributed by atoms with Crippen molar-refractivity contribution in [2.45, 2.75) is 69.8 Å². The minimum Gasteiger partial charge on any atom is -0.371 e. The number of likely N-dealkylation sites (N-methyl/N-ethyl adjacent to an activating group) is 1. The van der Waals surface area contributed by atoms with Crippen molar-refractivity contribution in [3.63, 3.8) is 0 Å². The lowest BCUT2D eigenvalue weighted by Gasteiger charge is -2.47. The molecule has 10 heteroatoms. The number of aryl methyl sites for hydroxylation is 1. The first-order valence-corrected chi connectivity index (χ1v) is 14.1. The van der Waals surface area contributed by atoms with Gasteiger partial charge in [-0.3, -0.25) is 9.59 Å². The summed E-state index contributed by atoms with van der Waals surface area (Å²) >= 11 is 0. The number of nitrogens with one attached hydrogen (secondary N) is 2. The number of alkyl halides is 3. The summed E-state index contributed by atoms with van der Waals surface area (Å²) in [6, 6.07) is 9.45. The molecule has 5 rings (SSSR count). The average Bonchev–Trinajstić information content (AvgIpc) is 2.92. The summed E-state index contributed by atoms with van der Waals surface area (Å²) in [5.74, 6) is -0.586. The standard InChI is InChI=1S/C30H38F3N5O2/c1-17-4-5-23(15-25(17)26-13-20-16-35-18(2)10-27(20)37(3)29(26)40)36-28(39)19-11-21(30(31,32)33)14-24(12-19)38-8-6-22(34)7-9-38/h4-5,11-12,14-15,18,20,22,26-27,35H,6-10,13,16,34H2,1-3H3,(H,36,39). The quantitative estimate of drug-likeness (QED) is 0.515.